The van der Waals surface area contributed by atoms with E-state index >= 15 is 0 Å². The molecule has 0 saturated heterocycles. The minimum absolute atomic E-state index is 0.0853. The van der Waals surface area contributed by atoms with Crippen molar-refractivity contribution in [2.45, 2.75) is 6.92 Å². The number of rotatable bonds is 2. The van der Waals surface area contributed by atoms with Gasteiger partial charge in [0.15, 0.2) is 7.14 Å². The van der Waals surface area contributed by atoms with Crippen molar-refractivity contribution >= 4 is 11.6 Å². The van der Waals surface area contributed by atoms with E-state index < -0.39 is 0 Å². The lowest BCUT2D eigenvalue weighted by Gasteiger charge is -1.94. The summed E-state index contributed by atoms with van der Waals surface area (Å²) in [5.41, 5.74) is 1.15. The normalized spacial score (nSPS) is 10.3. The van der Waals surface area contributed by atoms with Gasteiger partial charge in [-0.05, 0) is 30.7 Å². The molecule has 2 aromatic rings. The predicted molar refractivity (Wildman–Crippen MR) is 60.0 cm³/mol. The molecule has 2 heteroatoms. The second-order valence-corrected chi connectivity index (χ2v) is 6.72. The lowest BCUT2D eigenvalue weighted by atomic mass is 10.2. The van der Waals surface area contributed by atoms with E-state index in [-0.39, 0.29) is 21.2 Å². The van der Waals surface area contributed by atoms with Gasteiger partial charge in [-0.25, -0.2) is 0 Å². The first-order chi connectivity index (χ1) is 7.25. The van der Waals surface area contributed by atoms with Crippen molar-refractivity contribution in [2.75, 3.05) is 0 Å². The van der Waals surface area contributed by atoms with Crippen LogP contribution in [0.15, 0.2) is 48.5 Å². The molecule has 0 saturated carbocycles. The van der Waals surface area contributed by atoms with Gasteiger partial charge in [-0.2, -0.15) is 0 Å². The summed E-state index contributed by atoms with van der Waals surface area (Å²) in [5.74, 6) is 0. The molecular formula is C13H11ClI+. The van der Waals surface area contributed by atoms with Gasteiger partial charge < -0.3 is 0 Å². The molecular weight excluding hydrogens is 318 g/mol. The average Bonchev–Trinajstić information content (AvgIpc) is 2.25. The highest BCUT2D eigenvalue weighted by atomic mass is 127. The molecule has 0 fully saturated rings. The maximum absolute atomic E-state index is 6.10. The van der Waals surface area contributed by atoms with Crippen molar-refractivity contribution in [2.24, 2.45) is 0 Å². The molecule has 0 spiro atoms. The molecule has 0 bridgehead atoms. The van der Waals surface area contributed by atoms with Crippen molar-refractivity contribution in [3.8, 4) is 0 Å². The second-order valence-electron chi connectivity index (χ2n) is 3.28. The zero-order chi connectivity index (χ0) is 10.7. The SMILES string of the molecule is Cc1ccc([I+]c2ccccc2)cc1Cl. The van der Waals surface area contributed by atoms with Crippen LogP contribution in [0, 0.1) is 14.1 Å². The van der Waals surface area contributed by atoms with Crippen LogP contribution in [0.5, 0.6) is 0 Å². The van der Waals surface area contributed by atoms with Crippen LogP contribution in [0.3, 0.4) is 0 Å². The van der Waals surface area contributed by atoms with Crippen LogP contribution in [-0.4, -0.2) is 0 Å². The average molecular weight is 330 g/mol. The van der Waals surface area contributed by atoms with E-state index in [0.717, 1.165) is 10.6 Å². The molecule has 0 amide bonds. The van der Waals surface area contributed by atoms with Crippen LogP contribution in [-0.2, 0) is 0 Å². The summed E-state index contributed by atoms with van der Waals surface area (Å²) in [7, 11) is 0. The maximum atomic E-state index is 6.10. The first kappa shape index (κ1) is 11.0. The molecule has 2 rings (SSSR count). The molecule has 0 N–H and O–H groups in total. The zero-order valence-corrected chi connectivity index (χ0v) is 11.3. The topological polar surface area (TPSA) is 0 Å². The van der Waals surface area contributed by atoms with Gasteiger partial charge in [-0.15, -0.1) is 0 Å². The molecule has 0 nitrogen and oxygen atoms in total. The van der Waals surface area contributed by atoms with E-state index in [1.807, 2.05) is 6.92 Å². The van der Waals surface area contributed by atoms with E-state index in [9.17, 15) is 0 Å². The summed E-state index contributed by atoms with van der Waals surface area (Å²) in [4.78, 5) is 0. The zero-order valence-electron chi connectivity index (χ0n) is 8.37. The number of hydrogen-bond acceptors (Lipinski definition) is 0. The fraction of sp³-hybridized carbons (Fsp3) is 0.0769. The first-order valence-corrected chi connectivity index (χ1v) is 7.25. The Kier molecular flexibility index (Phi) is 3.65. The Labute approximate surface area is 106 Å². The van der Waals surface area contributed by atoms with Crippen LogP contribution >= 0.6 is 11.6 Å². The fourth-order valence-electron chi connectivity index (χ4n) is 1.23. The summed E-state index contributed by atoms with van der Waals surface area (Å²) >= 11 is 6.01. The van der Waals surface area contributed by atoms with Crippen LogP contribution in [0.25, 0.3) is 0 Å². The summed E-state index contributed by atoms with van der Waals surface area (Å²) in [6.07, 6.45) is 0. The summed E-state index contributed by atoms with van der Waals surface area (Å²) < 4.78 is 2.80. The number of halogens is 2. The van der Waals surface area contributed by atoms with Gasteiger partial charge in [0.05, 0.1) is 0 Å². The van der Waals surface area contributed by atoms with Crippen LogP contribution in [0.2, 0.25) is 5.02 Å². The summed E-state index contributed by atoms with van der Waals surface area (Å²) in [6, 6.07) is 17.0. The minimum Gasteiger partial charge on any atom is -0.0839 e. The highest BCUT2D eigenvalue weighted by Crippen LogP contribution is 2.12. The third-order valence-corrected chi connectivity index (χ3v) is 5.13. The van der Waals surface area contributed by atoms with Gasteiger partial charge in [0.1, 0.15) is 0 Å². The molecule has 0 aromatic heterocycles. The highest BCUT2D eigenvalue weighted by Gasteiger charge is 2.15. The van der Waals surface area contributed by atoms with E-state index in [2.05, 4.69) is 48.5 Å². The van der Waals surface area contributed by atoms with Gasteiger partial charge in [0.25, 0.3) is 0 Å². The number of benzene rings is 2. The van der Waals surface area contributed by atoms with E-state index in [0.29, 0.717) is 0 Å². The molecule has 15 heavy (non-hydrogen) atoms. The maximum Gasteiger partial charge on any atom is 0.357 e. The van der Waals surface area contributed by atoms with Gasteiger partial charge in [0.2, 0.25) is 0 Å². The molecule has 2 aromatic carbocycles. The van der Waals surface area contributed by atoms with Gasteiger partial charge in [-0.1, -0.05) is 35.9 Å². The van der Waals surface area contributed by atoms with Gasteiger partial charge >= 0.3 is 21.2 Å². The van der Waals surface area contributed by atoms with E-state index in [1.54, 1.807) is 0 Å². The lowest BCUT2D eigenvalue weighted by Crippen LogP contribution is -3.61. The Bertz CT molecular complexity index is 451. The van der Waals surface area contributed by atoms with Crippen LogP contribution in [0.1, 0.15) is 5.56 Å². The third kappa shape index (κ3) is 2.95. The molecule has 0 aliphatic heterocycles. The lowest BCUT2D eigenvalue weighted by molar-refractivity contribution is -0.597. The first-order valence-electron chi connectivity index (χ1n) is 4.72. The molecule has 0 aliphatic rings. The molecule has 0 heterocycles. The largest absolute Gasteiger partial charge is 0.357 e. The van der Waals surface area contributed by atoms with Crippen molar-refractivity contribution in [1.82, 2.24) is 0 Å². The Morgan fingerprint density at radius 3 is 2.33 bits per heavy atom. The van der Waals surface area contributed by atoms with Crippen molar-refractivity contribution in [3.63, 3.8) is 0 Å². The minimum atomic E-state index is -0.0853. The van der Waals surface area contributed by atoms with Crippen molar-refractivity contribution in [1.29, 1.82) is 0 Å². The molecule has 0 unspecified atom stereocenters. The van der Waals surface area contributed by atoms with E-state index in [4.69, 9.17) is 11.6 Å². The van der Waals surface area contributed by atoms with Gasteiger partial charge in [0, 0.05) is 11.1 Å². The molecule has 76 valence electrons. The summed E-state index contributed by atoms with van der Waals surface area (Å²) in [6.45, 7) is 2.03. The van der Waals surface area contributed by atoms with Crippen LogP contribution in [0.4, 0.5) is 0 Å². The smallest absolute Gasteiger partial charge is 0.0839 e. The Hall–Kier alpha value is -0.540. The van der Waals surface area contributed by atoms with Crippen LogP contribution < -0.4 is 21.2 Å². The molecule has 0 atom stereocenters. The second kappa shape index (κ2) is 4.99. The predicted octanol–water partition coefficient (Wildman–Crippen LogP) is 0.777. The molecule has 0 radical (unpaired) electrons. The number of aryl methyl sites for hydroxylation is 1. The quantitative estimate of drug-likeness (QED) is 0.714. The number of hydrogen-bond donors (Lipinski definition) is 0. The van der Waals surface area contributed by atoms with Gasteiger partial charge in [-0.3, -0.25) is 0 Å². The summed E-state index contributed by atoms with van der Waals surface area (Å²) in [5, 5.41) is 0.878. The molecule has 0 aliphatic carbocycles. The Balaban J connectivity index is 2.22. The Morgan fingerprint density at radius 2 is 1.67 bits per heavy atom. The third-order valence-electron chi connectivity index (χ3n) is 2.09. The Morgan fingerprint density at radius 1 is 0.933 bits per heavy atom. The fourth-order valence-corrected chi connectivity index (χ4v) is 3.91. The monoisotopic (exact) mass is 329 g/mol. The van der Waals surface area contributed by atoms with Crippen molar-refractivity contribution < 1.29 is 21.2 Å². The highest BCUT2D eigenvalue weighted by molar-refractivity contribution is 6.31. The standard InChI is InChI=1S/C13H11ClI/c1-10-7-8-12(9-13(10)14)15-11-5-3-2-4-6-11/h2-9H,1H3/q+1. The van der Waals surface area contributed by atoms with Crippen molar-refractivity contribution in [3.05, 3.63) is 66.3 Å². The van der Waals surface area contributed by atoms with E-state index in [1.165, 1.54) is 7.14 Å².